The fourth-order valence-corrected chi connectivity index (χ4v) is 2.67. The third-order valence-corrected chi connectivity index (χ3v) is 3.59. The minimum atomic E-state index is -0.0206. The van der Waals surface area contributed by atoms with Gasteiger partial charge in [-0.1, -0.05) is 19.3 Å². The van der Waals surface area contributed by atoms with Crippen molar-refractivity contribution in [2.75, 3.05) is 6.54 Å². The van der Waals surface area contributed by atoms with Crippen LogP contribution in [-0.4, -0.2) is 33.5 Å². The van der Waals surface area contributed by atoms with Crippen molar-refractivity contribution in [2.24, 2.45) is 0 Å². The van der Waals surface area contributed by atoms with Gasteiger partial charge in [0.1, 0.15) is 5.75 Å². The summed E-state index contributed by atoms with van der Waals surface area (Å²) < 4.78 is 0. The van der Waals surface area contributed by atoms with Crippen LogP contribution in [0.5, 0.6) is 5.75 Å². The van der Waals surface area contributed by atoms with Gasteiger partial charge in [-0.2, -0.15) is 0 Å². The van der Waals surface area contributed by atoms with E-state index in [1.165, 1.54) is 37.7 Å². The SMILES string of the molecule is CCN(C(=O)c1cncc(O)c1)C1CCCCC1. The van der Waals surface area contributed by atoms with Crippen LogP contribution < -0.4 is 0 Å². The molecule has 1 heterocycles. The zero-order valence-corrected chi connectivity index (χ0v) is 10.8. The molecule has 98 valence electrons. The van der Waals surface area contributed by atoms with Gasteiger partial charge in [0, 0.05) is 18.8 Å². The number of aromatic hydroxyl groups is 1. The van der Waals surface area contributed by atoms with Crippen LogP contribution in [0.2, 0.25) is 0 Å². The fraction of sp³-hybridized carbons (Fsp3) is 0.571. The maximum absolute atomic E-state index is 12.4. The molecule has 1 saturated carbocycles. The van der Waals surface area contributed by atoms with E-state index in [4.69, 9.17) is 0 Å². The Morgan fingerprint density at radius 2 is 2.11 bits per heavy atom. The zero-order valence-electron chi connectivity index (χ0n) is 10.8. The van der Waals surface area contributed by atoms with E-state index in [0.29, 0.717) is 18.2 Å². The van der Waals surface area contributed by atoms with Gasteiger partial charge in [0.05, 0.1) is 11.8 Å². The maximum Gasteiger partial charge on any atom is 0.255 e. The molecule has 4 nitrogen and oxygen atoms in total. The molecule has 18 heavy (non-hydrogen) atoms. The van der Waals surface area contributed by atoms with Crippen LogP contribution in [-0.2, 0) is 0 Å². The lowest BCUT2D eigenvalue weighted by Crippen LogP contribution is -2.41. The number of pyridine rings is 1. The lowest BCUT2D eigenvalue weighted by molar-refractivity contribution is 0.0647. The molecule has 1 amide bonds. The summed E-state index contributed by atoms with van der Waals surface area (Å²) in [4.78, 5) is 18.2. The van der Waals surface area contributed by atoms with E-state index in [1.807, 2.05) is 11.8 Å². The van der Waals surface area contributed by atoms with Crippen molar-refractivity contribution in [2.45, 2.75) is 45.1 Å². The van der Waals surface area contributed by atoms with Crippen molar-refractivity contribution >= 4 is 5.91 Å². The highest BCUT2D eigenvalue weighted by Gasteiger charge is 2.25. The lowest BCUT2D eigenvalue weighted by Gasteiger charge is -2.33. The molecular formula is C14H20N2O2. The summed E-state index contributed by atoms with van der Waals surface area (Å²) in [6.07, 6.45) is 8.72. The number of amides is 1. The first-order chi connectivity index (χ1) is 8.72. The third-order valence-electron chi connectivity index (χ3n) is 3.59. The van der Waals surface area contributed by atoms with Gasteiger partial charge in [0.25, 0.3) is 5.91 Å². The first-order valence-electron chi connectivity index (χ1n) is 6.67. The van der Waals surface area contributed by atoms with E-state index in [-0.39, 0.29) is 11.7 Å². The number of carbonyl (C=O) groups excluding carboxylic acids is 1. The first kappa shape index (κ1) is 12.9. The van der Waals surface area contributed by atoms with Crippen molar-refractivity contribution < 1.29 is 9.90 Å². The molecule has 0 saturated heterocycles. The van der Waals surface area contributed by atoms with Crippen molar-refractivity contribution in [1.82, 2.24) is 9.88 Å². The molecule has 1 fully saturated rings. The molecule has 1 aromatic rings. The Morgan fingerprint density at radius 3 is 2.72 bits per heavy atom. The van der Waals surface area contributed by atoms with Gasteiger partial charge in [-0.3, -0.25) is 9.78 Å². The van der Waals surface area contributed by atoms with Gasteiger partial charge < -0.3 is 10.0 Å². The molecule has 0 aromatic carbocycles. The van der Waals surface area contributed by atoms with Crippen LogP contribution in [0.3, 0.4) is 0 Å². The van der Waals surface area contributed by atoms with Crippen LogP contribution in [0.25, 0.3) is 0 Å². The molecule has 0 unspecified atom stereocenters. The van der Waals surface area contributed by atoms with Crippen molar-refractivity contribution in [3.8, 4) is 5.75 Å². The Bertz CT molecular complexity index is 414. The average molecular weight is 248 g/mol. The van der Waals surface area contributed by atoms with E-state index in [9.17, 15) is 9.90 Å². The van der Waals surface area contributed by atoms with Gasteiger partial charge in [-0.05, 0) is 25.8 Å². The van der Waals surface area contributed by atoms with Crippen LogP contribution in [0.4, 0.5) is 0 Å². The molecule has 0 spiro atoms. The van der Waals surface area contributed by atoms with Crippen molar-refractivity contribution in [3.63, 3.8) is 0 Å². The molecule has 1 N–H and O–H groups in total. The summed E-state index contributed by atoms with van der Waals surface area (Å²) in [7, 11) is 0. The Hall–Kier alpha value is -1.58. The van der Waals surface area contributed by atoms with E-state index >= 15 is 0 Å². The van der Waals surface area contributed by atoms with Gasteiger partial charge in [-0.15, -0.1) is 0 Å². The van der Waals surface area contributed by atoms with Gasteiger partial charge >= 0.3 is 0 Å². The summed E-state index contributed by atoms with van der Waals surface area (Å²) in [5.74, 6) is 0.0216. The second-order valence-electron chi connectivity index (χ2n) is 4.81. The molecule has 0 aliphatic heterocycles. The number of rotatable bonds is 3. The number of hydrogen-bond donors (Lipinski definition) is 1. The van der Waals surface area contributed by atoms with E-state index in [1.54, 1.807) is 0 Å². The van der Waals surface area contributed by atoms with E-state index in [2.05, 4.69) is 4.98 Å². The number of nitrogens with zero attached hydrogens (tertiary/aromatic N) is 2. The highest BCUT2D eigenvalue weighted by atomic mass is 16.3. The summed E-state index contributed by atoms with van der Waals surface area (Å²) in [6, 6.07) is 1.83. The highest BCUT2D eigenvalue weighted by molar-refractivity contribution is 5.94. The minimum Gasteiger partial charge on any atom is -0.506 e. The zero-order chi connectivity index (χ0) is 13.0. The predicted molar refractivity (Wildman–Crippen MR) is 69.5 cm³/mol. The number of aromatic nitrogens is 1. The standard InChI is InChI=1S/C14H20N2O2/c1-2-16(12-6-4-3-5-7-12)14(18)11-8-13(17)10-15-9-11/h8-10,12,17H,2-7H2,1H3. The molecule has 1 aromatic heterocycles. The molecule has 0 radical (unpaired) electrons. The molecular weight excluding hydrogens is 228 g/mol. The Labute approximate surface area is 108 Å². The average Bonchev–Trinajstić information content (AvgIpc) is 2.41. The summed E-state index contributed by atoms with van der Waals surface area (Å²) in [5, 5.41) is 9.39. The second-order valence-corrected chi connectivity index (χ2v) is 4.81. The number of carbonyl (C=O) groups is 1. The van der Waals surface area contributed by atoms with Gasteiger partial charge in [0.2, 0.25) is 0 Å². The number of hydrogen-bond acceptors (Lipinski definition) is 3. The van der Waals surface area contributed by atoms with Gasteiger partial charge in [-0.25, -0.2) is 0 Å². The molecule has 0 bridgehead atoms. The van der Waals surface area contributed by atoms with Gasteiger partial charge in [0.15, 0.2) is 0 Å². The highest BCUT2D eigenvalue weighted by Crippen LogP contribution is 2.24. The lowest BCUT2D eigenvalue weighted by atomic mass is 9.94. The quantitative estimate of drug-likeness (QED) is 0.894. The molecule has 4 heteroatoms. The Kier molecular flexibility index (Phi) is 4.18. The summed E-state index contributed by atoms with van der Waals surface area (Å²) in [6.45, 7) is 2.71. The summed E-state index contributed by atoms with van der Waals surface area (Å²) >= 11 is 0. The molecule has 1 aliphatic carbocycles. The smallest absolute Gasteiger partial charge is 0.255 e. The van der Waals surface area contributed by atoms with Crippen LogP contribution >= 0.6 is 0 Å². The first-order valence-corrected chi connectivity index (χ1v) is 6.67. The molecule has 1 aliphatic rings. The minimum absolute atomic E-state index is 0.0206. The predicted octanol–water partition coefficient (Wildman–Crippen LogP) is 2.58. The largest absolute Gasteiger partial charge is 0.506 e. The van der Waals surface area contributed by atoms with Crippen molar-refractivity contribution in [1.29, 1.82) is 0 Å². The van der Waals surface area contributed by atoms with E-state index in [0.717, 1.165) is 12.8 Å². The van der Waals surface area contributed by atoms with E-state index < -0.39 is 0 Å². The Morgan fingerprint density at radius 1 is 1.39 bits per heavy atom. The second kappa shape index (κ2) is 5.85. The molecule has 0 atom stereocenters. The van der Waals surface area contributed by atoms with Crippen LogP contribution in [0, 0.1) is 0 Å². The van der Waals surface area contributed by atoms with Crippen LogP contribution in [0.15, 0.2) is 18.5 Å². The van der Waals surface area contributed by atoms with Crippen LogP contribution in [0.1, 0.15) is 49.4 Å². The maximum atomic E-state index is 12.4. The summed E-state index contributed by atoms with van der Waals surface area (Å²) in [5.41, 5.74) is 0.474. The van der Waals surface area contributed by atoms with Crippen molar-refractivity contribution in [3.05, 3.63) is 24.0 Å². The fourth-order valence-electron chi connectivity index (χ4n) is 2.67. The topological polar surface area (TPSA) is 53.4 Å². The molecule has 2 rings (SSSR count). The third kappa shape index (κ3) is 2.81. The Balaban J connectivity index is 2.14. The normalized spacial score (nSPS) is 16.5. The monoisotopic (exact) mass is 248 g/mol.